The van der Waals surface area contributed by atoms with Crippen molar-refractivity contribution in [2.24, 2.45) is 0 Å². The summed E-state index contributed by atoms with van der Waals surface area (Å²) < 4.78 is 12.0. The molecule has 0 fully saturated rings. The Morgan fingerprint density at radius 3 is 2.12 bits per heavy atom. The molecule has 1 atom stereocenters. The molecule has 0 radical (unpaired) electrons. The van der Waals surface area contributed by atoms with Gasteiger partial charge < -0.3 is 14.0 Å². The van der Waals surface area contributed by atoms with Crippen molar-refractivity contribution < 1.29 is 18.8 Å². The zero-order chi connectivity index (χ0) is 24.7. The van der Waals surface area contributed by atoms with Crippen molar-refractivity contribution in [2.75, 3.05) is 20.9 Å². The summed E-state index contributed by atoms with van der Waals surface area (Å²) in [6.45, 7) is 5.03. The van der Waals surface area contributed by atoms with E-state index >= 15 is 0 Å². The van der Waals surface area contributed by atoms with Crippen LogP contribution in [-0.4, -0.2) is 37.4 Å². The standard InChI is InChI=1S/C30H46NO3/c1-5-7-8-9-10-11-12-16-21-27-22-17-18-23-29(27)33-25-34-30(32)28(6-2)31(3,4)24-26-19-14-13-15-20-26/h13-15,17-20,22-23,28H,5-12,16,21,24-25H2,1-4H3/q+1. The van der Waals surface area contributed by atoms with Gasteiger partial charge in [-0.25, -0.2) is 4.79 Å². The van der Waals surface area contributed by atoms with Crippen LogP contribution in [0, 0.1) is 0 Å². The molecular formula is C30H46NO3+. The molecule has 0 aliphatic heterocycles. The van der Waals surface area contributed by atoms with Gasteiger partial charge in [-0.1, -0.05) is 107 Å². The van der Waals surface area contributed by atoms with Crippen molar-refractivity contribution >= 4 is 5.97 Å². The zero-order valence-corrected chi connectivity index (χ0v) is 21.9. The van der Waals surface area contributed by atoms with Gasteiger partial charge in [0.25, 0.3) is 0 Å². The van der Waals surface area contributed by atoms with Crippen molar-refractivity contribution in [3.8, 4) is 5.75 Å². The molecule has 4 heteroatoms. The number of unbranched alkanes of at least 4 members (excludes halogenated alkanes) is 7. The second kappa shape index (κ2) is 15.5. The maximum atomic E-state index is 12.9. The van der Waals surface area contributed by atoms with Crippen LogP contribution < -0.4 is 4.74 Å². The predicted octanol–water partition coefficient (Wildman–Crippen LogP) is 7.30. The summed E-state index contributed by atoms with van der Waals surface area (Å²) in [5.41, 5.74) is 2.40. The lowest BCUT2D eigenvalue weighted by molar-refractivity contribution is -0.919. The van der Waals surface area contributed by atoms with Crippen molar-refractivity contribution in [2.45, 2.75) is 90.6 Å². The largest absolute Gasteiger partial charge is 0.457 e. The number of para-hydroxylation sites is 1. The van der Waals surface area contributed by atoms with Crippen LogP contribution in [0.1, 0.15) is 82.8 Å². The van der Waals surface area contributed by atoms with Gasteiger partial charge in [0.15, 0.2) is 6.04 Å². The Hall–Kier alpha value is -2.33. The first-order valence-corrected chi connectivity index (χ1v) is 13.2. The van der Waals surface area contributed by atoms with Gasteiger partial charge in [0.05, 0.1) is 14.1 Å². The predicted molar refractivity (Wildman–Crippen MR) is 141 cm³/mol. The fraction of sp³-hybridized carbons (Fsp3) is 0.567. The molecule has 0 saturated heterocycles. The zero-order valence-electron chi connectivity index (χ0n) is 21.9. The highest BCUT2D eigenvalue weighted by Crippen LogP contribution is 2.22. The number of rotatable bonds is 17. The second-order valence-electron chi connectivity index (χ2n) is 9.90. The minimum atomic E-state index is -0.239. The van der Waals surface area contributed by atoms with Gasteiger partial charge in [-0.3, -0.25) is 0 Å². The number of aryl methyl sites for hydroxylation is 1. The summed E-state index contributed by atoms with van der Waals surface area (Å²) >= 11 is 0. The van der Waals surface area contributed by atoms with E-state index in [1.54, 1.807) is 0 Å². The lowest BCUT2D eigenvalue weighted by Gasteiger charge is -2.36. The number of ether oxygens (including phenoxy) is 2. The fourth-order valence-corrected chi connectivity index (χ4v) is 4.66. The molecule has 2 aromatic carbocycles. The Kier molecular flexibility index (Phi) is 12.8. The first-order chi connectivity index (χ1) is 16.5. The summed E-state index contributed by atoms with van der Waals surface area (Å²) in [6, 6.07) is 18.2. The number of quaternary nitrogens is 1. The van der Waals surface area contributed by atoms with E-state index in [2.05, 4.69) is 45.3 Å². The normalized spacial score (nSPS) is 12.4. The van der Waals surface area contributed by atoms with E-state index in [0.29, 0.717) is 10.9 Å². The summed E-state index contributed by atoms with van der Waals surface area (Å²) in [6.07, 6.45) is 12.2. The Labute approximate surface area is 207 Å². The van der Waals surface area contributed by atoms with Gasteiger partial charge in [0, 0.05) is 12.0 Å². The number of hydrogen-bond donors (Lipinski definition) is 0. The van der Waals surface area contributed by atoms with Crippen LogP contribution in [0.5, 0.6) is 5.75 Å². The lowest BCUT2D eigenvalue weighted by atomic mass is 10.0. The van der Waals surface area contributed by atoms with E-state index in [1.807, 2.05) is 37.3 Å². The maximum absolute atomic E-state index is 12.9. The van der Waals surface area contributed by atoms with Crippen LogP contribution in [0.3, 0.4) is 0 Å². The Balaban J connectivity index is 1.79. The number of esters is 1. The molecule has 0 aromatic heterocycles. The van der Waals surface area contributed by atoms with Crippen LogP contribution in [0.15, 0.2) is 54.6 Å². The Bertz CT molecular complexity index is 819. The SMILES string of the molecule is CCCCCCCCCCc1ccccc1OCOC(=O)C(CC)[N+](C)(C)Cc1ccccc1. The minimum absolute atomic E-state index is 0.0465. The number of hydrogen-bond acceptors (Lipinski definition) is 3. The highest BCUT2D eigenvalue weighted by Gasteiger charge is 2.35. The van der Waals surface area contributed by atoms with Gasteiger partial charge in [-0.05, 0) is 24.5 Å². The molecule has 0 heterocycles. The Morgan fingerprint density at radius 1 is 0.824 bits per heavy atom. The molecule has 0 aliphatic carbocycles. The smallest absolute Gasteiger partial charge is 0.367 e. The number of carbonyl (C=O) groups excluding carboxylic acids is 1. The topological polar surface area (TPSA) is 35.5 Å². The van der Waals surface area contributed by atoms with Gasteiger partial charge >= 0.3 is 5.97 Å². The molecule has 0 spiro atoms. The van der Waals surface area contributed by atoms with Gasteiger partial charge in [0.1, 0.15) is 12.3 Å². The van der Waals surface area contributed by atoms with Crippen LogP contribution >= 0.6 is 0 Å². The first kappa shape index (κ1) is 27.9. The third kappa shape index (κ3) is 9.89. The molecule has 0 bridgehead atoms. The molecule has 1 unspecified atom stereocenters. The number of likely N-dealkylation sites (N-methyl/N-ethyl adjacent to an activating group) is 1. The molecule has 0 aliphatic rings. The molecule has 0 N–H and O–H groups in total. The number of nitrogens with zero attached hydrogens (tertiary/aromatic N) is 1. The summed E-state index contributed by atoms with van der Waals surface area (Å²) in [5, 5.41) is 0. The molecule has 34 heavy (non-hydrogen) atoms. The van der Waals surface area contributed by atoms with Crippen molar-refractivity contribution in [1.29, 1.82) is 0 Å². The van der Waals surface area contributed by atoms with Crippen LogP contribution in [0.2, 0.25) is 0 Å². The van der Waals surface area contributed by atoms with Crippen LogP contribution in [-0.2, 0) is 22.5 Å². The van der Waals surface area contributed by atoms with Gasteiger partial charge in [0.2, 0.25) is 6.79 Å². The fourth-order valence-electron chi connectivity index (χ4n) is 4.66. The van der Waals surface area contributed by atoms with E-state index in [1.165, 1.54) is 56.1 Å². The molecule has 4 nitrogen and oxygen atoms in total. The number of benzene rings is 2. The minimum Gasteiger partial charge on any atom is -0.457 e. The third-order valence-corrected chi connectivity index (χ3v) is 6.62. The summed E-state index contributed by atoms with van der Waals surface area (Å²) in [7, 11) is 4.17. The first-order valence-electron chi connectivity index (χ1n) is 13.2. The lowest BCUT2D eigenvalue weighted by Crippen LogP contribution is -2.52. The number of carbonyl (C=O) groups is 1. The molecular weight excluding hydrogens is 422 g/mol. The molecule has 2 rings (SSSR count). The van der Waals surface area contributed by atoms with E-state index in [4.69, 9.17) is 9.47 Å². The van der Waals surface area contributed by atoms with E-state index < -0.39 is 0 Å². The van der Waals surface area contributed by atoms with Crippen LogP contribution in [0.4, 0.5) is 0 Å². The molecule has 188 valence electrons. The van der Waals surface area contributed by atoms with Crippen molar-refractivity contribution in [1.82, 2.24) is 0 Å². The Morgan fingerprint density at radius 2 is 1.44 bits per heavy atom. The van der Waals surface area contributed by atoms with Crippen molar-refractivity contribution in [3.63, 3.8) is 0 Å². The van der Waals surface area contributed by atoms with Gasteiger partial charge in [-0.15, -0.1) is 0 Å². The van der Waals surface area contributed by atoms with E-state index in [0.717, 1.165) is 25.1 Å². The highest BCUT2D eigenvalue weighted by atomic mass is 16.7. The quantitative estimate of drug-likeness (QED) is 0.106. The average molecular weight is 469 g/mol. The average Bonchev–Trinajstić information content (AvgIpc) is 2.82. The van der Waals surface area contributed by atoms with Gasteiger partial charge in [-0.2, -0.15) is 0 Å². The third-order valence-electron chi connectivity index (χ3n) is 6.62. The molecule has 2 aromatic rings. The second-order valence-corrected chi connectivity index (χ2v) is 9.90. The van der Waals surface area contributed by atoms with Crippen molar-refractivity contribution in [3.05, 3.63) is 65.7 Å². The summed E-state index contributed by atoms with van der Waals surface area (Å²) in [4.78, 5) is 12.9. The summed E-state index contributed by atoms with van der Waals surface area (Å²) in [5.74, 6) is 0.619. The molecule has 0 amide bonds. The highest BCUT2D eigenvalue weighted by molar-refractivity contribution is 5.74. The van der Waals surface area contributed by atoms with Crippen LogP contribution in [0.25, 0.3) is 0 Å². The van der Waals surface area contributed by atoms with E-state index in [-0.39, 0.29) is 18.8 Å². The van der Waals surface area contributed by atoms with E-state index in [9.17, 15) is 4.79 Å². The maximum Gasteiger partial charge on any atom is 0.367 e. The monoisotopic (exact) mass is 468 g/mol. The molecule has 0 saturated carbocycles.